The Morgan fingerprint density at radius 2 is 2.33 bits per heavy atom. The molecule has 1 aromatic rings. The molecule has 0 bridgehead atoms. The van der Waals surface area contributed by atoms with Gasteiger partial charge in [0.1, 0.15) is 6.17 Å². The summed E-state index contributed by atoms with van der Waals surface area (Å²) < 4.78 is 0. The number of rotatable bonds is 1. The number of halogens is 2. The molecule has 2 heterocycles. The van der Waals surface area contributed by atoms with Crippen LogP contribution in [-0.4, -0.2) is 18.6 Å². The van der Waals surface area contributed by atoms with Crippen molar-refractivity contribution < 1.29 is 0 Å². The van der Waals surface area contributed by atoms with Gasteiger partial charge in [-0.3, -0.25) is 0 Å². The van der Waals surface area contributed by atoms with Crippen molar-refractivity contribution in [3.63, 3.8) is 0 Å². The van der Waals surface area contributed by atoms with Crippen LogP contribution >= 0.6 is 23.2 Å². The van der Waals surface area contributed by atoms with Crippen molar-refractivity contribution >= 4 is 34.6 Å². The van der Waals surface area contributed by atoms with E-state index in [4.69, 9.17) is 23.2 Å². The molecule has 0 saturated carbocycles. The highest BCUT2D eigenvalue weighted by molar-refractivity contribution is 6.31. The van der Waals surface area contributed by atoms with Crippen LogP contribution in [0.2, 0.25) is 5.02 Å². The van der Waals surface area contributed by atoms with Gasteiger partial charge >= 0.3 is 0 Å². The monoisotopic (exact) mass is 242 g/mol. The number of alkyl halides is 1. The summed E-state index contributed by atoms with van der Waals surface area (Å²) >= 11 is 12.0. The number of hydrogen-bond acceptors (Lipinski definition) is 2. The summed E-state index contributed by atoms with van der Waals surface area (Å²) in [5, 5.41) is 4.23. The highest BCUT2D eigenvalue weighted by Crippen LogP contribution is 2.42. The first kappa shape index (κ1) is 9.61. The number of anilines is 2. The van der Waals surface area contributed by atoms with E-state index in [1.165, 1.54) is 17.7 Å². The number of nitrogens with one attached hydrogen (secondary N) is 1. The second-order valence-electron chi connectivity index (χ2n) is 4.07. The smallest absolute Gasteiger partial charge is 0.113 e. The first-order valence-corrected chi connectivity index (χ1v) is 6.12. The number of nitrogens with zero attached hydrogens (tertiary/aromatic N) is 1. The highest BCUT2D eigenvalue weighted by Gasteiger charge is 2.32. The van der Waals surface area contributed by atoms with Gasteiger partial charge in [-0.25, -0.2) is 0 Å². The fourth-order valence-electron chi connectivity index (χ4n) is 2.54. The molecule has 0 aromatic heterocycles. The lowest BCUT2D eigenvalue weighted by Crippen LogP contribution is -2.39. The van der Waals surface area contributed by atoms with E-state index < -0.39 is 0 Å². The molecule has 0 radical (unpaired) electrons. The fourth-order valence-corrected chi connectivity index (χ4v) is 3.02. The Labute approximate surface area is 99.2 Å². The Balaban J connectivity index is 2.13. The molecule has 2 nitrogen and oxygen atoms in total. The van der Waals surface area contributed by atoms with E-state index in [-0.39, 0.29) is 6.17 Å². The van der Waals surface area contributed by atoms with Gasteiger partial charge in [-0.05, 0) is 30.5 Å². The minimum absolute atomic E-state index is 0.235. The van der Waals surface area contributed by atoms with E-state index in [1.807, 2.05) is 6.07 Å². The van der Waals surface area contributed by atoms with Crippen molar-refractivity contribution in [2.75, 3.05) is 22.6 Å². The number of hydrogen-bond donors (Lipinski definition) is 1. The Morgan fingerprint density at radius 3 is 3.13 bits per heavy atom. The van der Waals surface area contributed by atoms with Crippen LogP contribution in [0.15, 0.2) is 12.1 Å². The third kappa shape index (κ3) is 1.39. The topological polar surface area (TPSA) is 15.3 Å². The third-order valence-corrected chi connectivity index (χ3v) is 3.64. The Morgan fingerprint density at radius 1 is 1.47 bits per heavy atom. The van der Waals surface area contributed by atoms with Crippen molar-refractivity contribution in [2.45, 2.75) is 19.0 Å². The molecule has 1 aromatic carbocycles. The van der Waals surface area contributed by atoms with Crippen molar-refractivity contribution in [2.24, 2.45) is 0 Å². The SMILES string of the molecule is ClCC1Nc2cc(Cl)cc3c2N1CCC3. The van der Waals surface area contributed by atoms with Crippen LogP contribution in [0, 0.1) is 0 Å². The first-order chi connectivity index (χ1) is 7.29. The predicted molar refractivity (Wildman–Crippen MR) is 65.2 cm³/mol. The van der Waals surface area contributed by atoms with Crippen molar-refractivity contribution in [3.05, 3.63) is 22.7 Å². The van der Waals surface area contributed by atoms with Gasteiger partial charge in [-0.1, -0.05) is 11.6 Å². The molecule has 1 unspecified atom stereocenters. The zero-order valence-electron chi connectivity index (χ0n) is 8.26. The maximum atomic E-state index is 6.08. The zero-order chi connectivity index (χ0) is 10.4. The number of aryl methyl sites for hydroxylation is 1. The quantitative estimate of drug-likeness (QED) is 0.762. The summed E-state index contributed by atoms with van der Waals surface area (Å²) in [6.45, 7) is 1.09. The van der Waals surface area contributed by atoms with Crippen LogP contribution in [0.3, 0.4) is 0 Å². The van der Waals surface area contributed by atoms with Gasteiger partial charge in [0.05, 0.1) is 17.3 Å². The van der Waals surface area contributed by atoms with Crippen LogP contribution in [0.25, 0.3) is 0 Å². The van der Waals surface area contributed by atoms with Crippen LogP contribution < -0.4 is 10.2 Å². The zero-order valence-corrected chi connectivity index (χ0v) is 9.78. The Kier molecular flexibility index (Phi) is 2.22. The normalized spacial score (nSPS) is 22.5. The molecule has 0 saturated heterocycles. The summed E-state index contributed by atoms with van der Waals surface area (Å²) in [4.78, 5) is 2.36. The molecule has 2 aliphatic heterocycles. The van der Waals surface area contributed by atoms with Crippen molar-refractivity contribution in [1.82, 2.24) is 0 Å². The minimum atomic E-state index is 0.235. The molecule has 0 amide bonds. The van der Waals surface area contributed by atoms with Crippen molar-refractivity contribution in [1.29, 1.82) is 0 Å². The lowest BCUT2D eigenvalue weighted by Gasteiger charge is -2.30. The van der Waals surface area contributed by atoms with Crippen LogP contribution in [0.1, 0.15) is 12.0 Å². The molecule has 0 spiro atoms. The van der Waals surface area contributed by atoms with Gasteiger partial charge in [-0.2, -0.15) is 0 Å². The summed E-state index contributed by atoms with van der Waals surface area (Å²) in [5.74, 6) is 0.603. The minimum Gasteiger partial charge on any atom is -0.362 e. The van der Waals surface area contributed by atoms with E-state index in [2.05, 4.69) is 16.3 Å². The molecule has 0 fully saturated rings. The third-order valence-electron chi connectivity index (χ3n) is 3.13. The van der Waals surface area contributed by atoms with Gasteiger partial charge in [0.25, 0.3) is 0 Å². The maximum Gasteiger partial charge on any atom is 0.113 e. The average molecular weight is 243 g/mol. The van der Waals surface area contributed by atoms with E-state index in [9.17, 15) is 0 Å². The highest BCUT2D eigenvalue weighted by atomic mass is 35.5. The molecule has 0 aliphatic carbocycles. The lowest BCUT2D eigenvalue weighted by molar-refractivity contribution is 0.661. The fraction of sp³-hybridized carbons (Fsp3) is 0.455. The molecule has 3 rings (SSSR count). The van der Waals surface area contributed by atoms with Crippen molar-refractivity contribution in [3.8, 4) is 0 Å². The molecular weight excluding hydrogens is 231 g/mol. The second kappa shape index (κ2) is 3.46. The van der Waals surface area contributed by atoms with Gasteiger partial charge in [0, 0.05) is 11.6 Å². The van der Waals surface area contributed by atoms with E-state index in [0.29, 0.717) is 5.88 Å². The summed E-state index contributed by atoms with van der Waals surface area (Å²) in [7, 11) is 0. The molecule has 80 valence electrons. The van der Waals surface area contributed by atoms with Gasteiger partial charge in [-0.15, -0.1) is 11.6 Å². The van der Waals surface area contributed by atoms with E-state index in [0.717, 1.165) is 23.7 Å². The van der Waals surface area contributed by atoms with Gasteiger partial charge in [0.15, 0.2) is 0 Å². The molecule has 1 N–H and O–H groups in total. The van der Waals surface area contributed by atoms with Crippen LogP contribution in [-0.2, 0) is 6.42 Å². The molecule has 2 aliphatic rings. The average Bonchev–Trinajstić information content (AvgIpc) is 2.58. The lowest BCUT2D eigenvalue weighted by atomic mass is 10.0. The van der Waals surface area contributed by atoms with E-state index in [1.54, 1.807) is 0 Å². The summed E-state index contributed by atoms with van der Waals surface area (Å²) in [6.07, 6.45) is 2.54. The van der Waals surface area contributed by atoms with E-state index >= 15 is 0 Å². The van der Waals surface area contributed by atoms with Gasteiger partial charge in [0.2, 0.25) is 0 Å². The standard InChI is InChI=1S/C11H12Cl2N2/c12-6-10-14-9-5-8(13)4-7-2-1-3-15(10)11(7)9/h4-5,10,14H,1-3,6H2. The molecule has 4 heteroatoms. The summed E-state index contributed by atoms with van der Waals surface area (Å²) in [5.41, 5.74) is 3.81. The Bertz CT molecular complexity index is 406. The van der Waals surface area contributed by atoms with Crippen LogP contribution in [0.4, 0.5) is 11.4 Å². The largest absolute Gasteiger partial charge is 0.362 e. The first-order valence-electron chi connectivity index (χ1n) is 5.21. The molecule has 1 atom stereocenters. The second-order valence-corrected chi connectivity index (χ2v) is 4.82. The molecular formula is C11H12Cl2N2. The van der Waals surface area contributed by atoms with Crippen LogP contribution in [0.5, 0.6) is 0 Å². The maximum absolute atomic E-state index is 6.08. The predicted octanol–water partition coefficient (Wildman–Crippen LogP) is 3.08. The number of benzene rings is 1. The summed E-state index contributed by atoms with van der Waals surface area (Å²) in [6, 6.07) is 4.07. The van der Waals surface area contributed by atoms with Gasteiger partial charge < -0.3 is 10.2 Å². The Hall–Kier alpha value is -0.600. The molecule has 15 heavy (non-hydrogen) atoms.